The summed E-state index contributed by atoms with van der Waals surface area (Å²) in [7, 11) is 1.83. The summed E-state index contributed by atoms with van der Waals surface area (Å²) in [5.41, 5.74) is 10.8. The molecule has 3 heteroatoms. The second-order valence-electron chi connectivity index (χ2n) is 5.56. The molecular formula is C18H22N2O. The molecule has 0 aliphatic heterocycles. The molecule has 21 heavy (non-hydrogen) atoms. The third kappa shape index (κ3) is 3.92. The first-order valence-electron chi connectivity index (χ1n) is 7.11. The Hall–Kier alpha value is -2.13. The van der Waals surface area contributed by atoms with E-state index in [-0.39, 0.29) is 5.91 Å². The molecular weight excluding hydrogens is 260 g/mol. The number of hydrogen-bond acceptors (Lipinski definition) is 2. The number of hydrogen-bond donors (Lipinski definition) is 1. The van der Waals surface area contributed by atoms with E-state index in [0.29, 0.717) is 13.1 Å². The molecule has 0 fully saturated rings. The number of aryl methyl sites for hydroxylation is 2. The largest absolute Gasteiger partial charge is 0.337 e. The van der Waals surface area contributed by atoms with Gasteiger partial charge < -0.3 is 10.6 Å². The van der Waals surface area contributed by atoms with Crippen LogP contribution in [-0.4, -0.2) is 17.9 Å². The topological polar surface area (TPSA) is 46.3 Å². The van der Waals surface area contributed by atoms with Gasteiger partial charge in [-0.25, -0.2) is 0 Å². The van der Waals surface area contributed by atoms with Crippen LogP contribution in [0.25, 0.3) is 0 Å². The second kappa shape index (κ2) is 6.55. The van der Waals surface area contributed by atoms with Crippen molar-refractivity contribution in [1.29, 1.82) is 0 Å². The zero-order valence-electron chi connectivity index (χ0n) is 12.9. The first-order chi connectivity index (χ1) is 9.99. The van der Waals surface area contributed by atoms with Gasteiger partial charge in [0.15, 0.2) is 0 Å². The fourth-order valence-corrected chi connectivity index (χ4v) is 2.44. The number of carbonyl (C=O) groups excluding carboxylic acids is 1. The summed E-state index contributed by atoms with van der Waals surface area (Å²) in [5, 5.41) is 0. The maximum atomic E-state index is 12.5. The van der Waals surface area contributed by atoms with Crippen molar-refractivity contribution in [3.8, 4) is 0 Å². The standard InChI is InChI=1S/C18H22N2O/c1-13-8-14(2)10-17(9-13)18(21)20(3)12-16-6-4-15(11-19)5-7-16/h4-10H,11-12,19H2,1-3H3. The lowest BCUT2D eigenvalue weighted by atomic mass is 10.1. The van der Waals surface area contributed by atoms with Gasteiger partial charge >= 0.3 is 0 Å². The Morgan fingerprint density at radius 3 is 2.05 bits per heavy atom. The first-order valence-corrected chi connectivity index (χ1v) is 7.11. The SMILES string of the molecule is Cc1cc(C)cc(C(=O)N(C)Cc2ccc(CN)cc2)c1. The van der Waals surface area contributed by atoms with Crippen LogP contribution in [0.1, 0.15) is 32.6 Å². The quantitative estimate of drug-likeness (QED) is 0.937. The molecule has 0 atom stereocenters. The van der Waals surface area contributed by atoms with Crippen LogP contribution in [-0.2, 0) is 13.1 Å². The fourth-order valence-electron chi connectivity index (χ4n) is 2.44. The summed E-state index contributed by atoms with van der Waals surface area (Å²) < 4.78 is 0. The van der Waals surface area contributed by atoms with Crippen LogP contribution in [0.4, 0.5) is 0 Å². The lowest BCUT2D eigenvalue weighted by Gasteiger charge is -2.18. The van der Waals surface area contributed by atoms with Gasteiger partial charge in [0.05, 0.1) is 0 Å². The van der Waals surface area contributed by atoms with Gasteiger partial charge in [-0.1, -0.05) is 41.5 Å². The third-order valence-corrected chi connectivity index (χ3v) is 3.49. The van der Waals surface area contributed by atoms with Crippen LogP contribution in [0.5, 0.6) is 0 Å². The smallest absolute Gasteiger partial charge is 0.253 e. The van der Waals surface area contributed by atoms with Crippen LogP contribution in [0.2, 0.25) is 0 Å². The van der Waals surface area contributed by atoms with E-state index in [1.54, 1.807) is 4.90 Å². The van der Waals surface area contributed by atoms with Gasteiger partial charge in [-0.15, -0.1) is 0 Å². The van der Waals surface area contributed by atoms with Gasteiger partial charge in [0, 0.05) is 25.7 Å². The van der Waals surface area contributed by atoms with Crippen LogP contribution >= 0.6 is 0 Å². The molecule has 0 bridgehead atoms. The summed E-state index contributed by atoms with van der Waals surface area (Å²) in [6.45, 7) is 5.15. The van der Waals surface area contributed by atoms with E-state index in [0.717, 1.165) is 27.8 Å². The van der Waals surface area contributed by atoms with Crippen molar-refractivity contribution in [1.82, 2.24) is 4.90 Å². The minimum atomic E-state index is 0.0460. The number of rotatable bonds is 4. The van der Waals surface area contributed by atoms with Crippen LogP contribution in [0.3, 0.4) is 0 Å². The molecule has 2 rings (SSSR count). The van der Waals surface area contributed by atoms with Crippen molar-refractivity contribution in [2.24, 2.45) is 5.73 Å². The second-order valence-corrected chi connectivity index (χ2v) is 5.56. The zero-order chi connectivity index (χ0) is 15.4. The number of benzene rings is 2. The first kappa shape index (κ1) is 15.3. The molecule has 3 nitrogen and oxygen atoms in total. The van der Waals surface area contributed by atoms with E-state index in [9.17, 15) is 4.79 Å². The van der Waals surface area contributed by atoms with E-state index >= 15 is 0 Å². The Labute approximate surface area is 126 Å². The monoisotopic (exact) mass is 282 g/mol. The molecule has 0 spiro atoms. The van der Waals surface area contributed by atoms with Crippen molar-refractivity contribution in [2.75, 3.05) is 7.05 Å². The average Bonchev–Trinajstić information content (AvgIpc) is 2.46. The average molecular weight is 282 g/mol. The van der Waals surface area contributed by atoms with Gasteiger partial charge in [-0.3, -0.25) is 4.79 Å². The number of nitrogens with two attached hydrogens (primary N) is 1. The number of nitrogens with zero attached hydrogens (tertiary/aromatic N) is 1. The fraction of sp³-hybridized carbons (Fsp3) is 0.278. The van der Waals surface area contributed by atoms with E-state index in [1.165, 1.54) is 0 Å². The van der Waals surface area contributed by atoms with Crippen LogP contribution in [0, 0.1) is 13.8 Å². The molecule has 0 saturated carbocycles. The van der Waals surface area contributed by atoms with Gasteiger partial charge in [-0.2, -0.15) is 0 Å². The highest BCUT2D eigenvalue weighted by Crippen LogP contribution is 2.13. The maximum absolute atomic E-state index is 12.5. The summed E-state index contributed by atoms with van der Waals surface area (Å²) in [6, 6.07) is 14.0. The number of amides is 1. The normalized spacial score (nSPS) is 10.5. The molecule has 0 unspecified atom stereocenters. The summed E-state index contributed by atoms with van der Waals surface area (Å²) >= 11 is 0. The molecule has 0 radical (unpaired) electrons. The highest BCUT2D eigenvalue weighted by molar-refractivity contribution is 5.94. The summed E-state index contributed by atoms with van der Waals surface area (Å²) in [5.74, 6) is 0.0460. The Kier molecular flexibility index (Phi) is 4.76. The summed E-state index contributed by atoms with van der Waals surface area (Å²) in [4.78, 5) is 14.2. The molecule has 2 aromatic carbocycles. The molecule has 0 aromatic heterocycles. The summed E-state index contributed by atoms with van der Waals surface area (Å²) in [6.07, 6.45) is 0. The van der Waals surface area contributed by atoms with Crippen molar-refractivity contribution < 1.29 is 4.79 Å². The molecule has 0 heterocycles. The van der Waals surface area contributed by atoms with E-state index < -0.39 is 0 Å². The molecule has 2 N–H and O–H groups in total. The van der Waals surface area contributed by atoms with Crippen LogP contribution in [0.15, 0.2) is 42.5 Å². The minimum Gasteiger partial charge on any atom is -0.337 e. The van der Waals surface area contributed by atoms with E-state index in [2.05, 4.69) is 6.07 Å². The highest BCUT2D eigenvalue weighted by Gasteiger charge is 2.12. The predicted molar refractivity (Wildman–Crippen MR) is 86.0 cm³/mol. The molecule has 0 aliphatic carbocycles. The Balaban J connectivity index is 2.11. The predicted octanol–water partition coefficient (Wildman–Crippen LogP) is 3.03. The van der Waals surface area contributed by atoms with Crippen molar-refractivity contribution in [2.45, 2.75) is 26.9 Å². The number of carbonyl (C=O) groups is 1. The van der Waals surface area contributed by atoms with E-state index in [1.807, 2.05) is 57.3 Å². The molecule has 2 aromatic rings. The van der Waals surface area contributed by atoms with Gasteiger partial charge in [0.25, 0.3) is 5.91 Å². The van der Waals surface area contributed by atoms with Gasteiger partial charge in [0.2, 0.25) is 0 Å². The molecule has 1 amide bonds. The maximum Gasteiger partial charge on any atom is 0.253 e. The Bertz CT molecular complexity index is 612. The lowest BCUT2D eigenvalue weighted by Crippen LogP contribution is -2.26. The molecule has 0 saturated heterocycles. The zero-order valence-corrected chi connectivity index (χ0v) is 12.9. The third-order valence-electron chi connectivity index (χ3n) is 3.49. The van der Waals surface area contributed by atoms with Crippen molar-refractivity contribution in [3.63, 3.8) is 0 Å². The van der Waals surface area contributed by atoms with Gasteiger partial charge in [0.1, 0.15) is 0 Å². The van der Waals surface area contributed by atoms with Crippen LogP contribution < -0.4 is 5.73 Å². The van der Waals surface area contributed by atoms with Crippen molar-refractivity contribution >= 4 is 5.91 Å². The Morgan fingerprint density at radius 1 is 1.00 bits per heavy atom. The van der Waals surface area contributed by atoms with Crippen molar-refractivity contribution in [3.05, 3.63) is 70.3 Å². The van der Waals surface area contributed by atoms with E-state index in [4.69, 9.17) is 5.73 Å². The Morgan fingerprint density at radius 2 is 1.52 bits per heavy atom. The molecule has 0 aliphatic rings. The minimum absolute atomic E-state index is 0.0460. The molecule has 110 valence electrons. The lowest BCUT2D eigenvalue weighted by molar-refractivity contribution is 0.0785. The highest BCUT2D eigenvalue weighted by atomic mass is 16.2. The van der Waals surface area contributed by atoms with Gasteiger partial charge in [-0.05, 0) is 37.1 Å².